The molecule has 1 fully saturated rings. The molecular weight excluding hydrogens is 398 g/mol. The lowest BCUT2D eigenvalue weighted by Crippen LogP contribution is -2.11. The third-order valence-corrected chi connectivity index (χ3v) is 7.03. The molecule has 4 rings (SSSR count). The summed E-state index contributed by atoms with van der Waals surface area (Å²) in [7, 11) is 0. The summed E-state index contributed by atoms with van der Waals surface area (Å²) in [6.07, 6.45) is 11.6. The van der Waals surface area contributed by atoms with E-state index in [1.165, 1.54) is 36.8 Å². The van der Waals surface area contributed by atoms with Gasteiger partial charge in [-0.2, -0.15) is 0 Å². The van der Waals surface area contributed by atoms with Gasteiger partial charge in [-0.05, 0) is 103 Å². The second-order valence-corrected chi connectivity index (χ2v) is 9.14. The van der Waals surface area contributed by atoms with Gasteiger partial charge in [-0.3, -0.25) is 0 Å². The molecule has 0 saturated heterocycles. The van der Waals surface area contributed by atoms with Crippen molar-refractivity contribution in [3.63, 3.8) is 0 Å². The standard InChI is InChI=1S/C30H32F2/c1-3-5-6-27-20-26-18-13-23(19-28(26)30(32)29(27)31)8-7-22-11-16-25(17-12-22)24-14-9-21(4-2)10-15-24/h3-4,11-13,16-21,24H,1-2,5-10,14-15H2. The van der Waals surface area contributed by atoms with Gasteiger partial charge in [0, 0.05) is 5.39 Å². The molecule has 0 nitrogen and oxygen atoms in total. The molecule has 0 atom stereocenters. The summed E-state index contributed by atoms with van der Waals surface area (Å²) in [4.78, 5) is 0. The van der Waals surface area contributed by atoms with Crippen LogP contribution >= 0.6 is 0 Å². The van der Waals surface area contributed by atoms with Crippen molar-refractivity contribution in [3.05, 3.63) is 108 Å². The highest BCUT2D eigenvalue weighted by molar-refractivity contribution is 5.84. The molecule has 0 bridgehead atoms. The van der Waals surface area contributed by atoms with Crippen molar-refractivity contribution in [2.75, 3.05) is 0 Å². The van der Waals surface area contributed by atoms with Crippen LogP contribution in [0.5, 0.6) is 0 Å². The normalized spacial score (nSPS) is 18.6. The summed E-state index contributed by atoms with van der Waals surface area (Å²) in [6.45, 7) is 7.60. The molecule has 1 aliphatic rings. The minimum atomic E-state index is -0.737. The fourth-order valence-corrected chi connectivity index (χ4v) is 4.96. The van der Waals surface area contributed by atoms with Gasteiger partial charge in [0.2, 0.25) is 0 Å². The van der Waals surface area contributed by atoms with Crippen LogP contribution in [-0.4, -0.2) is 0 Å². The Balaban J connectivity index is 1.42. The molecule has 166 valence electrons. The minimum absolute atomic E-state index is 0.368. The van der Waals surface area contributed by atoms with E-state index in [0.717, 1.165) is 23.8 Å². The van der Waals surface area contributed by atoms with Crippen molar-refractivity contribution < 1.29 is 8.78 Å². The third kappa shape index (κ3) is 5.01. The van der Waals surface area contributed by atoms with Crippen molar-refractivity contribution in [1.29, 1.82) is 0 Å². The molecular formula is C30H32F2. The molecule has 0 heterocycles. The number of halogens is 2. The van der Waals surface area contributed by atoms with Crippen LogP contribution < -0.4 is 0 Å². The first-order chi connectivity index (χ1) is 15.6. The molecule has 3 aromatic rings. The zero-order chi connectivity index (χ0) is 22.5. The van der Waals surface area contributed by atoms with Gasteiger partial charge in [-0.15, -0.1) is 13.2 Å². The van der Waals surface area contributed by atoms with Crippen molar-refractivity contribution in [2.45, 2.75) is 57.3 Å². The van der Waals surface area contributed by atoms with E-state index in [9.17, 15) is 8.78 Å². The second-order valence-electron chi connectivity index (χ2n) is 9.14. The lowest BCUT2D eigenvalue weighted by molar-refractivity contribution is 0.376. The molecule has 0 unspecified atom stereocenters. The molecule has 0 N–H and O–H groups in total. The third-order valence-electron chi connectivity index (χ3n) is 7.03. The maximum Gasteiger partial charge on any atom is 0.166 e. The number of allylic oxidation sites excluding steroid dienone is 2. The summed E-state index contributed by atoms with van der Waals surface area (Å²) >= 11 is 0. The first-order valence-corrected chi connectivity index (χ1v) is 11.8. The van der Waals surface area contributed by atoms with Crippen LogP contribution in [0.4, 0.5) is 8.78 Å². The maximum atomic E-state index is 14.7. The topological polar surface area (TPSA) is 0 Å². The van der Waals surface area contributed by atoms with Crippen LogP contribution in [0.3, 0.4) is 0 Å². The Morgan fingerprint density at radius 1 is 0.781 bits per heavy atom. The van der Waals surface area contributed by atoms with Gasteiger partial charge in [0.1, 0.15) is 0 Å². The maximum absolute atomic E-state index is 14.7. The van der Waals surface area contributed by atoms with E-state index in [4.69, 9.17) is 0 Å². The Kier molecular flexibility index (Phi) is 7.19. The van der Waals surface area contributed by atoms with Gasteiger partial charge in [0.05, 0.1) is 0 Å². The number of aryl methyl sites for hydroxylation is 3. The summed E-state index contributed by atoms with van der Waals surface area (Å²) < 4.78 is 29.1. The second kappa shape index (κ2) is 10.3. The van der Waals surface area contributed by atoms with E-state index >= 15 is 0 Å². The number of rotatable bonds is 8. The molecule has 3 aromatic carbocycles. The Bertz CT molecular complexity index is 1090. The Hall–Kier alpha value is -2.74. The van der Waals surface area contributed by atoms with E-state index in [-0.39, 0.29) is 0 Å². The van der Waals surface area contributed by atoms with E-state index < -0.39 is 11.6 Å². The highest BCUT2D eigenvalue weighted by Gasteiger charge is 2.20. The molecule has 0 amide bonds. The van der Waals surface area contributed by atoms with Crippen LogP contribution in [0.2, 0.25) is 0 Å². The quantitative estimate of drug-likeness (QED) is 0.314. The molecule has 0 radical (unpaired) electrons. The number of hydrogen-bond donors (Lipinski definition) is 0. The SMILES string of the molecule is C=CCCc1cc2ccc(CCc3ccc(C4CCC(C=C)CC4)cc3)cc2c(F)c1F. The lowest BCUT2D eigenvalue weighted by Gasteiger charge is -2.27. The summed E-state index contributed by atoms with van der Waals surface area (Å²) in [6, 6.07) is 16.5. The molecule has 32 heavy (non-hydrogen) atoms. The van der Waals surface area contributed by atoms with Gasteiger partial charge < -0.3 is 0 Å². The first kappa shape index (κ1) is 22.5. The van der Waals surface area contributed by atoms with Gasteiger partial charge in [-0.1, -0.05) is 48.6 Å². The molecule has 2 heteroatoms. The average molecular weight is 431 g/mol. The molecule has 0 spiro atoms. The highest BCUT2D eigenvalue weighted by Crippen LogP contribution is 2.36. The van der Waals surface area contributed by atoms with Crippen molar-refractivity contribution >= 4 is 10.8 Å². The average Bonchev–Trinajstić information content (AvgIpc) is 2.84. The molecule has 1 saturated carbocycles. The van der Waals surface area contributed by atoms with E-state index in [1.807, 2.05) is 12.1 Å². The van der Waals surface area contributed by atoms with Crippen LogP contribution in [0.25, 0.3) is 10.8 Å². The Morgan fingerprint density at radius 2 is 1.47 bits per heavy atom. The lowest BCUT2D eigenvalue weighted by atomic mass is 9.78. The van der Waals surface area contributed by atoms with Crippen LogP contribution in [0.15, 0.2) is 73.8 Å². The summed E-state index contributed by atoms with van der Waals surface area (Å²) in [5, 5.41) is 1.12. The molecule has 1 aliphatic carbocycles. The van der Waals surface area contributed by atoms with Gasteiger partial charge in [0.25, 0.3) is 0 Å². The van der Waals surface area contributed by atoms with Crippen molar-refractivity contribution in [3.8, 4) is 0 Å². The predicted molar refractivity (Wildman–Crippen MR) is 131 cm³/mol. The van der Waals surface area contributed by atoms with Gasteiger partial charge >= 0.3 is 0 Å². The Morgan fingerprint density at radius 3 is 2.16 bits per heavy atom. The summed E-state index contributed by atoms with van der Waals surface area (Å²) in [5.41, 5.74) is 4.16. The molecule has 0 aliphatic heterocycles. The fraction of sp³-hybridized carbons (Fsp3) is 0.333. The van der Waals surface area contributed by atoms with Crippen molar-refractivity contribution in [2.24, 2.45) is 5.92 Å². The smallest absolute Gasteiger partial charge is 0.166 e. The number of hydrogen-bond acceptors (Lipinski definition) is 0. The van der Waals surface area contributed by atoms with Crippen LogP contribution in [-0.2, 0) is 19.3 Å². The van der Waals surface area contributed by atoms with Gasteiger partial charge in [0.15, 0.2) is 11.6 Å². The zero-order valence-corrected chi connectivity index (χ0v) is 18.8. The van der Waals surface area contributed by atoms with E-state index in [2.05, 4.69) is 43.5 Å². The Labute approximate surface area is 190 Å². The van der Waals surface area contributed by atoms with E-state index in [0.29, 0.717) is 35.6 Å². The van der Waals surface area contributed by atoms with Crippen LogP contribution in [0, 0.1) is 17.6 Å². The monoisotopic (exact) mass is 430 g/mol. The van der Waals surface area contributed by atoms with Crippen molar-refractivity contribution in [1.82, 2.24) is 0 Å². The highest BCUT2D eigenvalue weighted by atomic mass is 19.2. The largest absolute Gasteiger partial charge is 0.203 e. The molecule has 0 aromatic heterocycles. The predicted octanol–water partition coefficient (Wildman–Crippen LogP) is 8.48. The summed E-state index contributed by atoms with van der Waals surface area (Å²) in [5.74, 6) is -0.118. The minimum Gasteiger partial charge on any atom is -0.203 e. The van der Waals surface area contributed by atoms with E-state index in [1.54, 1.807) is 18.2 Å². The number of benzene rings is 3. The first-order valence-electron chi connectivity index (χ1n) is 11.8. The zero-order valence-electron chi connectivity index (χ0n) is 18.8. The van der Waals surface area contributed by atoms with Gasteiger partial charge in [-0.25, -0.2) is 8.78 Å². The fourth-order valence-electron chi connectivity index (χ4n) is 4.96. The number of fused-ring (bicyclic) bond motifs is 1. The van der Waals surface area contributed by atoms with Crippen LogP contribution in [0.1, 0.15) is 60.3 Å².